The number of aromatic nitrogens is 1. The van der Waals surface area contributed by atoms with Crippen molar-refractivity contribution >= 4 is 16.8 Å². The van der Waals surface area contributed by atoms with Crippen LogP contribution in [0.25, 0.3) is 10.8 Å². The van der Waals surface area contributed by atoms with Crippen molar-refractivity contribution in [3.8, 4) is 0 Å². The normalized spacial score (nSPS) is 19.4. The monoisotopic (exact) mass is 394 g/mol. The molecular weight excluding hydrogens is 371 g/mol. The van der Waals surface area contributed by atoms with Gasteiger partial charge in [-0.3, -0.25) is 9.69 Å². The van der Waals surface area contributed by atoms with Crippen LogP contribution >= 0.6 is 0 Å². The molecule has 4 rings (SSSR count). The minimum Gasteiger partial charge on any atom is -0.334 e. The van der Waals surface area contributed by atoms with Crippen molar-refractivity contribution < 1.29 is 9.18 Å². The van der Waals surface area contributed by atoms with Gasteiger partial charge in [-0.2, -0.15) is 0 Å². The third-order valence-electron chi connectivity index (χ3n) is 5.51. The second kappa shape index (κ2) is 8.05. The van der Waals surface area contributed by atoms with Gasteiger partial charge in [-0.1, -0.05) is 30.3 Å². The molecule has 0 unspecified atom stereocenters. The molecule has 0 bridgehead atoms. The van der Waals surface area contributed by atoms with Crippen LogP contribution in [0.1, 0.15) is 23.6 Å². The predicted molar refractivity (Wildman–Crippen MR) is 110 cm³/mol. The van der Waals surface area contributed by atoms with Crippen LogP contribution in [0.15, 0.2) is 59.5 Å². The van der Waals surface area contributed by atoms with E-state index in [0.717, 1.165) is 29.5 Å². The van der Waals surface area contributed by atoms with E-state index < -0.39 is 0 Å². The highest BCUT2D eigenvalue weighted by atomic mass is 19.1. The quantitative estimate of drug-likeness (QED) is 0.637. The van der Waals surface area contributed by atoms with Crippen molar-refractivity contribution in [3.63, 3.8) is 0 Å². The Morgan fingerprint density at radius 3 is 2.66 bits per heavy atom. The number of likely N-dealkylation sites (N-methyl/N-ethyl adjacent to an activating group) is 1. The summed E-state index contributed by atoms with van der Waals surface area (Å²) in [5.41, 5.74) is 1.67. The van der Waals surface area contributed by atoms with E-state index in [4.69, 9.17) is 0 Å². The Morgan fingerprint density at radius 2 is 1.90 bits per heavy atom. The minimum atomic E-state index is -0.273. The number of benzene rings is 2. The van der Waals surface area contributed by atoms with Gasteiger partial charge in [0.05, 0.1) is 12.1 Å². The molecule has 2 amide bonds. The van der Waals surface area contributed by atoms with E-state index in [1.807, 2.05) is 25.2 Å². The summed E-state index contributed by atoms with van der Waals surface area (Å²) in [5, 5.41) is 7.35. The van der Waals surface area contributed by atoms with Crippen molar-refractivity contribution in [1.82, 2.24) is 20.5 Å². The molecule has 0 aliphatic carbocycles. The average molecular weight is 394 g/mol. The molecular formula is C22H23FN4O2. The first-order chi connectivity index (χ1) is 14.0. The first-order valence-corrected chi connectivity index (χ1v) is 9.62. The van der Waals surface area contributed by atoms with E-state index >= 15 is 0 Å². The molecule has 6 nitrogen and oxygen atoms in total. The minimum absolute atomic E-state index is 0.00439. The van der Waals surface area contributed by atoms with Crippen LogP contribution in [0.4, 0.5) is 9.18 Å². The van der Waals surface area contributed by atoms with Gasteiger partial charge >= 0.3 is 6.03 Å². The molecule has 1 saturated heterocycles. The fourth-order valence-corrected chi connectivity index (χ4v) is 4.06. The molecule has 2 aromatic carbocycles. The van der Waals surface area contributed by atoms with Crippen LogP contribution in [0.3, 0.4) is 0 Å². The number of nitrogens with one attached hydrogen (secondary N) is 3. The molecule has 1 aromatic heterocycles. The third-order valence-corrected chi connectivity index (χ3v) is 5.51. The number of hydrogen-bond acceptors (Lipinski definition) is 3. The lowest BCUT2D eigenvalue weighted by Crippen LogP contribution is -2.44. The van der Waals surface area contributed by atoms with Gasteiger partial charge in [0, 0.05) is 24.7 Å². The van der Waals surface area contributed by atoms with Crippen molar-refractivity contribution in [2.75, 3.05) is 13.6 Å². The molecule has 1 fully saturated rings. The van der Waals surface area contributed by atoms with E-state index in [9.17, 15) is 14.0 Å². The lowest BCUT2D eigenvalue weighted by atomic mass is 10.0. The summed E-state index contributed by atoms with van der Waals surface area (Å²) in [6.45, 7) is 1.14. The SMILES string of the molecule is CN1CC[C@@H](NC(=O)NCc2c[nH]c(=O)c3ccccc23)[C@@H]1c1ccc(F)cc1. The van der Waals surface area contributed by atoms with Crippen LogP contribution in [0.5, 0.6) is 0 Å². The highest BCUT2D eigenvalue weighted by molar-refractivity contribution is 5.85. The molecule has 7 heteroatoms. The summed E-state index contributed by atoms with van der Waals surface area (Å²) in [5.74, 6) is -0.273. The van der Waals surface area contributed by atoms with Crippen LogP contribution in [0.2, 0.25) is 0 Å². The molecule has 3 N–H and O–H groups in total. The van der Waals surface area contributed by atoms with Crippen LogP contribution in [0, 0.1) is 5.82 Å². The summed E-state index contributed by atoms with van der Waals surface area (Å²) in [6, 6.07) is 13.4. The van der Waals surface area contributed by atoms with Gasteiger partial charge in [0.2, 0.25) is 0 Å². The number of nitrogens with zero attached hydrogens (tertiary/aromatic N) is 1. The maximum absolute atomic E-state index is 13.3. The molecule has 150 valence electrons. The topological polar surface area (TPSA) is 77.2 Å². The number of rotatable bonds is 4. The average Bonchev–Trinajstić information content (AvgIpc) is 3.08. The number of carbonyl (C=O) groups is 1. The van der Waals surface area contributed by atoms with Gasteiger partial charge in [-0.05, 0) is 48.2 Å². The van der Waals surface area contributed by atoms with E-state index in [0.29, 0.717) is 11.9 Å². The van der Waals surface area contributed by atoms with Crippen molar-refractivity contribution in [3.05, 3.63) is 82.0 Å². The third kappa shape index (κ3) is 4.00. The molecule has 3 aromatic rings. The number of pyridine rings is 1. The zero-order chi connectivity index (χ0) is 20.4. The van der Waals surface area contributed by atoms with E-state index in [2.05, 4.69) is 20.5 Å². The zero-order valence-corrected chi connectivity index (χ0v) is 16.1. The highest BCUT2D eigenvalue weighted by Gasteiger charge is 2.34. The maximum atomic E-state index is 13.3. The first-order valence-electron chi connectivity index (χ1n) is 9.62. The molecule has 0 radical (unpaired) electrons. The summed E-state index contributed by atoms with van der Waals surface area (Å²) in [6.07, 6.45) is 2.45. The van der Waals surface area contributed by atoms with Crippen LogP contribution in [-0.4, -0.2) is 35.5 Å². The lowest BCUT2D eigenvalue weighted by Gasteiger charge is -2.26. The predicted octanol–water partition coefficient (Wildman–Crippen LogP) is 2.91. The lowest BCUT2D eigenvalue weighted by molar-refractivity contribution is 0.229. The standard InChI is InChI=1S/C22H23FN4O2/c1-27-11-10-19(20(27)14-6-8-16(23)9-7-14)26-22(29)25-13-15-12-24-21(28)18-5-3-2-4-17(15)18/h2-9,12,19-20H,10-11,13H2,1H3,(H,24,28)(H2,25,26,29)/t19-,20+/m1/s1. The van der Waals surface area contributed by atoms with Crippen molar-refractivity contribution in [2.24, 2.45) is 0 Å². The fraction of sp³-hybridized carbons (Fsp3) is 0.273. The van der Waals surface area contributed by atoms with E-state index in [-0.39, 0.29) is 29.5 Å². The number of carbonyl (C=O) groups excluding carboxylic acids is 1. The fourth-order valence-electron chi connectivity index (χ4n) is 4.06. The number of fused-ring (bicyclic) bond motifs is 1. The summed E-state index contributed by atoms with van der Waals surface area (Å²) >= 11 is 0. The number of halogens is 1. The first kappa shape index (κ1) is 19.1. The van der Waals surface area contributed by atoms with Gasteiger partial charge in [-0.15, -0.1) is 0 Å². The molecule has 2 atom stereocenters. The summed E-state index contributed by atoms with van der Waals surface area (Å²) in [4.78, 5) is 29.4. The summed E-state index contributed by atoms with van der Waals surface area (Å²) < 4.78 is 13.3. The molecule has 1 aliphatic heterocycles. The van der Waals surface area contributed by atoms with Gasteiger partial charge in [-0.25, -0.2) is 9.18 Å². The Hall–Kier alpha value is -3.19. The van der Waals surface area contributed by atoms with Gasteiger partial charge in [0.1, 0.15) is 5.82 Å². The van der Waals surface area contributed by atoms with E-state index in [1.54, 1.807) is 24.4 Å². The summed E-state index contributed by atoms with van der Waals surface area (Å²) in [7, 11) is 2.00. The molecule has 0 saturated carbocycles. The molecule has 0 spiro atoms. The van der Waals surface area contributed by atoms with Gasteiger partial charge in [0.15, 0.2) is 0 Å². The number of urea groups is 1. The second-order valence-electron chi connectivity index (χ2n) is 7.39. The van der Waals surface area contributed by atoms with Crippen LogP contribution in [-0.2, 0) is 6.54 Å². The second-order valence-corrected chi connectivity index (χ2v) is 7.39. The van der Waals surface area contributed by atoms with Crippen molar-refractivity contribution in [1.29, 1.82) is 0 Å². The number of hydrogen-bond donors (Lipinski definition) is 3. The number of likely N-dealkylation sites (tertiary alicyclic amines) is 1. The largest absolute Gasteiger partial charge is 0.334 e. The molecule has 1 aliphatic rings. The Morgan fingerprint density at radius 1 is 1.17 bits per heavy atom. The van der Waals surface area contributed by atoms with Crippen molar-refractivity contribution in [2.45, 2.75) is 25.0 Å². The Labute approximate surface area is 167 Å². The Kier molecular flexibility index (Phi) is 5.31. The zero-order valence-electron chi connectivity index (χ0n) is 16.1. The Bertz CT molecular complexity index is 1080. The van der Waals surface area contributed by atoms with E-state index in [1.165, 1.54) is 12.1 Å². The van der Waals surface area contributed by atoms with Crippen LogP contribution < -0.4 is 16.2 Å². The number of amides is 2. The highest BCUT2D eigenvalue weighted by Crippen LogP contribution is 2.31. The molecule has 29 heavy (non-hydrogen) atoms. The number of H-pyrrole nitrogens is 1. The molecule has 2 heterocycles. The maximum Gasteiger partial charge on any atom is 0.315 e. The smallest absolute Gasteiger partial charge is 0.315 e. The Balaban J connectivity index is 1.44. The number of aromatic amines is 1. The van der Waals surface area contributed by atoms with Gasteiger partial charge in [0.25, 0.3) is 5.56 Å². The van der Waals surface area contributed by atoms with Gasteiger partial charge < -0.3 is 15.6 Å².